The highest BCUT2D eigenvalue weighted by atomic mass is 16.6. The highest BCUT2D eigenvalue weighted by Gasteiger charge is 2.36. The first kappa shape index (κ1) is 19.7. The molecule has 0 spiro atoms. The maximum atomic E-state index is 13.7. The van der Waals surface area contributed by atoms with E-state index in [0.717, 1.165) is 46.5 Å². The molecule has 0 saturated carbocycles. The Balaban J connectivity index is 1.36. The zero-order valence-electron chi connectivity index (χ0n) is 18.3. The summed E-state index contributed by atoms with van der Waals surface area (Å²) in [5, 5.41) is 9.64. The van der Waals surface area contributed by atoms with Crippen molar-refractivity contribution in [3.63, 3.8) is 0 Å². The van der Waals surface area contributed by atoms with Crippen LogP contribution in [0.2, 0.25) is 0 Å². The van der Waals surface area contributed by atoms with Crippen LogP contribution >= 0.6 is 0 Å². The summed E-state index contributed by atoms with van der Waals surface area (Å²) in [6.07, 6.45) is 3.54. The van der Waals surface area contributed by atoms with E-state index in [1.54, 1.807) is 10.9 Å². The number of nitrogens with zero attached hydrogens (tertiary/aromatic N) is 5. The number of hydrogen-bond donors (Lipinski definition) is 0. The summed E-state index contributed by atoms with van der Waals surface area (Å²) in [6.45, 7) is 3.59. The average Bonchev–Trinajstić information content (AvgIpc) is 3.50. The van der Waals surface area contributed by atoms with Gasteiger partial charge in [0.2, 0.25) is 0 Å². The molecule has 4 aromatic rings. The van der Waals surface area contributed by atoms with E-state index < -0.39 is 0 Å². The van der Waals surface area contributed by atoms with Gasteiger partial charge in [-0.1, -0.05) is 35.5 Å². The molecular formula is C25H23N5O3. The lowest BCUT2D eigenvalue weighted by atomic mass is 10.0. The molecule has 0 N–H and O–H groups in total. The van der Waals surface area contributed by atoms with E-state index >= 15 is 0 Å². The second-order valence-electron chi connectivity index (χ2n) is 8.32. The third-order valence-electron chi connectivity index (χ3n) is 6.41. The third kappa shape index (κ3) is 3.21. The topological polar surface area (TPSA) is 82.4 Å². The van der Waals surface area contributed by atoms with Crippen LogP contribution in [0.4, 0.5) is 0 Å². The van der Waals surface area contributed by atoms with E-state index in [1.165, 1.54) is 0 Å². The van der Waals surface area contributed by atoms with Crippen LogP contribution in [0.3, 0.4) is 0 Å². The molecular weight excluding hydrogens is 418 g/mol. The molecule has 2 aliphatic heterocycles. The number of hydrogen-bond acceptors (Lipinski definition) is 6. The van der Waals surface area contributed by atoms with Crippen molar-refractivity contribution in [3.8, 4) is 17.2 Å². The summed E-state index contributed by atoms with van der Waals surface area (Å²) >= 11 is 0. The predicted octanol–water partition coefficient (Wildman–Crippen LogP) is 3.87. The highest BCUT2D eigenvalue weighted by molar-refractivity contribution is 5.94. The van der Waals surface area contributed by atoms with Gasteiger partial charge in [0.1, 0.15) is 13.2 Å². The number of likely N-dealkylation sites (tertiary alicyclic amines) is 1. The Morgan fingerprint density at radius 3 is 2.85 bits per heavy atom. The summed E-state index contributed by atoms with van der Waals surface area (Å²) in [5.41, 5.74) is 3.66. The summed E-state index contributed by atoms with van der Waals surface area (Å²) in [4.78, 5) is 20.0. The van der Waals surface area contributed by atoms with E-state index in [4.69, 9.17) is 9.47 Å². The summed E-state index contributed by atoms with van der Waals surface area (Å²) in [5.74, 6) is 1.36. The van der Waals surface area contributed by atoms with Gasteiger partial charge in [0, 0.05) is 23.7 Å². The molecule has 1 amide bonds. The van der Waals surface area contributed by atoms with E-state index in [0.29, 0.717) is 31.1 Å². The van der Waals surface area contributed by atoms with Crippen molar-refractivity contribution in [2.24, 2.45) is 0 Å². The molecule has 0 radical (unpaired) electrons. The van der Waals surface area contributed by atoms with Gasteiger partial charge in [-0.3, -0.25) is 9.78 Å². The quantitative estimate of drug-likeness (QED) is 0.480. The Kier molecular flexibility index (Phi) is 4.71. The second kappa shape index (κ2) is 7.88. The Labute approximate surface area is 190 Å². The Hall–Kier alpha value is -3.94. The van der Waals surface area contributed by atoms with Crippen molar-refractivity contribution in [1.29, 1.82) is 0 Å². The average molecular weight is 441 g/mol. The van der Waals surface area contributed by atoms with Crippen molar-refractivity contribution < 1.29 is 14.3 Å². The van der Waals surface area contributed by atoms with E-state index in [9.17, 15) is 4.79 Å². The Morgan fingerprint density at radius 2 is 1.91 bits per heavy atom. The minimum atomic E-state index is -0.122. The number of benzene rings is 2. The largest absolute Gasteiger partial charge is 0.486 e. The van der Waals surface area contributed by atoms with Crippen LogP contribution in [0, 0.1) is 6.92 Å². The van der Waals surface area contributed by atoms with Crippen LogP contribution in [0.25, 0.3) is 16.6 Å². The first-order chi connectivity index (χ1) is 16.2. The lowest BCUT2D eigenvalue weighted by Crippen LogP contribution is -2.32. The second-order valence-corrected chi connectivity index (χ2v) is 8.32. The Morgan fingerprint density at radius 1 is 1.06 bits per heavy atom. The molecule has 6 rings (SSSR count). The Bertz CT molecular complexity index is 1360. The number of rotatable bonds is 3. The van der Waals surface area contributed by atoms with Crippen molar-refractivity contribution in [3.05, 3.63) is 71.7 Å². The van der Waals surface area contributed by atoms with Gasteiger partial charge >= 0.3 is 0 Å². The SMILES string of the molecule is Cc1c(C(=O)N2CCCC2c2cccc3c2OCCO3)nnn1-c1cccc2cccnc12. The molecule has 8 heteroatoms. The van der Waals surface area contributed by atoms with Gasteiger partial charge in [-0.15, -0.1) is 5.10 Å². The first-order valence-corrected chi connectivity index (χ1v) is 11.2. The lowest BCUT2D eigenvalue weighted by Gasteiger charge is -2.28. The van der Waals surface area contributed by atoms with Gasteiger partial charge in [0.15, 0.2) is 17.2 Å². The van der Waals surface area contributed by atoms with Crippen molar-refractivity contribution >= 4 is 16.8 Å². The third-order valence-corrected chi connectivity index (χ3v) is 6.41. The molecule has 2 aliphatic rings. The van der Waals surface area contributed by atoms with Gasteiger partial charge < -0.3 is 14.4 Å². The molecule has 1 atom stereocenters. The van der Waals surface area contributed by atoms with Crippen LogP contribution in [0.5, 0.6) is 11.5 Å². The highest BCUT2D eigenvalue weighted by Crippen LogP contribution is 2.43. The predicted molar refractivity (Wildman–Crippen MR) is 122 cm³/mol. The number of para-hydroxylation sites is 2. The maximum absolute atomic E-state index is 13.7. The maximum Gasteiger partial charge on any atom is 0.276 e. The van der Waals surface area contributed by atoms with Gasteiger partial charge in [-0.2, -0.15) is 0 Å². The van der Waals surface area contributed by atoms with Crippen LogP contribution in [-0.4, -0.2) is 50.5 Å². The number of amides is 1. The molecule has 0 aliphatic carbocycles. The first-order valence-electron chi connectivity index (χ1n) is 11.2. The normalized spacial score (nSPS) is 17.5. The number of fused-ring (bicyclic) bond motifs is 2. The molecule has 166 valence electrons. The van der Waals surface area contributed by atoms with Crippen molar-refractivity contribution in [2.45, 2.75) is 25.8 Å². The van der Waals surface area contributed by atoms with E-state index in [-0.39, 0.29) is 11.9 Å². The van der Waals surface area contributed by atoms with E-state index in [1.807, 2.05) is 60.4 Å². The van der Waals surface area contributed by atoms with Gasteiger partial charge in [0.25, 0.3) is 5.91 Å². The molecule has 8 nitrogen and oxygen atoms in total. The molecule has 0 bridgehead atoms. The summed E-state index contributed by atoms with van der Waals surface area (Å²) in [7, 11) is 0. The number of ether oxygens (including phenoxy) is 2. The van der Waals surface area contributed by atoms with Gasteiger partial charge in [0.05, 0.1) is 22.9 Å². The van der Waals surface area contributed by atoms with Crippen LogP contribution in [-0.2, 0) is 0 Å². The number of aromatic nitrogens is 4. The molecule has 2 aromatic heterocycles. The molecule has 33 heavy (non-hydrogen) atoms. The van der Waals surface area contributed by atoms with Crippen LogP contribution in [0.15, 0.2) is 54.7 Å². The minimum absolute atomic E-state index is 0.0853. The van der Waals surface area contributed by atoms with Gasteiger partial charge in [-0.25, -0.2) is 4.68 Å². The zero-order chi connectivity index (χ0) is 22.4. The molecule has 1 fully saturated rings. The fraction of sp³-hybridized carbons (Fsp3) is 0.280. The number of carbonyl (C=O) groups excluding carboxylic acids is 1. The standard InChI is InChI=1S/C25H23N5O3/c1-16-22(27-28-30(16)20-9-2-6-17-7-4-12-26-23(17)20)25(31)29-13-5-10-19(29)18-8-3-11-21-24(18)33-15-14-32-21/h2-4,6-9,11-12,19H,5,10,13-15H2,1H3. The minimum Gasteiger partial charge on any atom is -0.486 e. The molecule has 1 saturated heterocycles. The molecule has 1 unspecified atom stereocenters. The summed E-state index contributed by atoms with van der Waals surface area (Å²) < 4.78 is 13.4. The number of pyridine rings is 1. The van der Waals surface area contributed by atoms with E-state index in [2.05, 4.69) is 15.3 Å². The van der Waals surface area contributed by atoms with Crippen molar-refractivity contribution in [2.75, 3.05) is 19.8 Å². The molecule has 2 aromatic carbocycles. The number of carbonyl (C=O) groups is 1. The smallest absolute Gasteiger partial charge is 0.276 e. The van der Waals surface area contributed by atoms with Crippen LogP contribution in [0.1, 0.15) is 40.6 Å². The fourth-order valence-electron chi connectivity index (χ4n) is 4.84. The van der Waals surface area contributed by atoms with Crippen LogP contribution < -0.4 is 9.47 Å². The van der Waals surface area contributed by atoms with Gasteiger partial charge in [-0.05, 0) is 38.0 Å². The lowest BCUT2D eigenvalue weighted by molar-refractivity contribution is 0.0724. The summed E-state index contributed by atoms with van der Waals surface area (Å²) in [6, 6.07) is 15.6. The fourth-order valence-corrected chi connectivity index (χ4v) is 4.84. The molecule has 4 heterocycles. The monoisotopic (exact) mass is 441 g/mol. The zero-order valence-corrected chi connectivity index (χ0v) is 18.3. The van der Waals surface area contributed by atoms with Crippen molar-refractivity contribution in [1.82, 2.24) is 24.9 Å².